The number of aliphatic carboxylic acids is 1. The molecule has 0 aromatic carbocycles. The molecule has 10 heteroatoms. The van der Waals surface area contributed by atoms with Gasteiger partial charge in [0.15, 0.2) is 6.29 Å². The highest BCUT2D eigenvalue weighted by Crippen LogP contribution is 2.22. The molecule has 0 spiro atoms. The summed E-state index contributed by atoms with van der Waals surface area (Å²) in [5.74, 6) is -1.93. The van der Waals surface area contributed by atoms with Gasteiger partial charge in [0.2, 0.25) is 5.91 Å². The van der Waals surface area contributed by atoms with Gasteiger partial charge in [0, 0.05) is 6.92 Å². The summed E-state index contributed by atoms with van der Waals surface area (Å²) in [5.41, 5.74) is 3.29. The lowest BCUT2D eigenvalue weighted by molar-refractivity contribution is -0.447. The van der Waals surface area contributed by atoms with E-state index in [-0.39, 0.29) is 6.61 Å². The van der Waals surface area contributed by atoms with Crippen LogP contribution in [0.15, 0.2) is 0 Å². The van der Waals surface area contributed by atoms with E-state index < -0.39 is 55.2 Å². The van der Waals surface area contributed by atoms with E-state index in [1.165, 1.54) is 6.92 Å². The molecule has 0 radical (unpaired) electrons. The van der Waals surface area contributed by atoms with Gasteiger partial charge in [-0.05, 0) is 0 Å². The molecular weight excluding hydrogens is 288 g/mol. The lowest BCUT2D eigenvalue weighted by atomic mass is 9.97. The van der Waals surface area contributed by atoms with Gasteiger partial charge in [-0.3, -0.25) is 4.79 Å². The number of quaternary nitrogens is 1. The quantitative estimate of drug-likeness (QED) is 0.322. The van der Waals surface area contributed by atoms with Gasteiger partial charge in [-0.15, -0.1) is 0 Å². The van der Waals surface area contributed by atoms with Crippen LogP contribution in [0.2, 0.25) is 0 Å². The second-order valence-electron chi connectivity index (χ2n) is 4.78. The number of carboxylic acids is 1. The van der Waals surface area contributed by atoms with E-state index in [0.717, 1.165) is 0 Å². The average Bonchev–Trinajstić information content (AvgIpc) is 2.42. The van der Waals surface area contributed by atoms with E-state index in [9.17, 15) is 24.9 Å². The van der Waals surface area contributed by atoms with Gasteiger partial charge < -0.3 is 45.7 Å². The lowest BCUT2D eigenvalue weighted by Crippen LogP contribution is -2.71. The third-order valence-corrected chi connectivity index (χ3v) is 3.05. The zero-order valence-electron chi connectivity index (χ0n) is 11.5. The molecule has 0 aliphatic carbocycles. The molecule has 1 rings (SSSR count). The largest absolute Gasteiger partial charge is 0.544 e. The summed E-state index contributed by atoms with van der Waals surface area (Å²) in [7, 11) is 0. The SMILES string of the molecule is CC(=O)NC1C(OC[C@H]([NH3+])C(=O)[O-])OC(CO)C(O)C1O. The van der Waals surface area contributed by atoms with Crippen molar-refractivity contribution in [3.05, 3.63) is 0 Å². The van der Waals surface area contributed by atoms with Crippen LogP contribution in [-0.2, 0) is 19.1 Å². The number of amides is 1. The molecule has 0 saturated carbocycles. The molecule has 0 aromatic heterocycles. The highest BCUT2D eigenvalue weighted by molar-refractivity contribution is 5.73. The zero-order valence-corrected chi connectivity index (χ0v) is 11.5. The summed E-state index contributed by atoms with van der Waals surface area (Å²) in [5, 5.41) is 41.7. The van der Waals surface area contributed by atoms with Gasteiger partial charge in [-0.1, -0.05) is 0 Å². The standard InChI is InChI=1S/C11H20N2O8/c1-4(15)13-7-9(17)8(16)6(2-14)21-11(7)20-3-5(12)10(18)19/h5-9,11,14,16-17H,2-3,12H2,1H3,(H,13,15)(H,18,19)/t5-,6?,7?,8?,9?,11?/m0/s1. The summed E-state index contributed by atoms with van der Waals surface area (Å²) in [4.78, 5) is 21.7. The lowest BCUT2D eigenvalue weighted by Gasteiger charge is -2.42. The number of carbonyl (C=O) groups excluding carboxylic acids is 2. The Morgan fingerprint density at radius 3 is 2.52 bits per heavy atom. The summed E-state index contributed by atoms with van der Waals surface area (Å²) in [6, 6.07) is -2.29. The van der Waals surface area contributed by atoms with E-state index >= 15 is 0 Å². The summed E-state index contributed by atoms with van der Waals surface area (Å²) in [6.45, 7) is 0.225. The van der Waals surface area contributed by atoms with Crippen molar-refractivity contribution in [3.8, 4) is 0 Å². The minimum atomic E-state index is -1.45. The van der Waals surface area contributed by atoms with Crippen LogP contribution >= 0.6 is 0 Å². The van der Waals surface area contributed by atoms with Crippen LogP contribution < -0.4 is 16.2 Å². The van der Waals surface area contributed by atoms with Gasteiger partial charge in [-0.2, -0.15) is 0 Å². The maximum absolute atomic E-state index is 11.1. The molecule has 6 atom stereocenters. The van der Waals surface area contributed by atoms with E-state index in [4.69, 9.17) is 14.6 Å². The van der Waals surface area contributed by atoms with Crippen molar-refractivity contribution >= 4 is 11.9 Å². The Balaban J connectivity index is 2.78. The molecule has 7 N–H and O–H groups in total. The molecule has 10 nitrogen and oxygen atoms in total. The van der Waals surface area contributed by atoms with E-state index in [1.807, 2.05) is 0 Å². The number of rotatable bonds is 6. The van der Waals surface area contributed by atoms with Crippen LogP contribution in [0.3, 0.4) is 0 Å². The zero-order chi connectivity index (χ0) is 16.2. The molecule has 1 aliphatic heterocycles. The van der Waals surface area contributed by atoms with Crippen LogP contribution in [0, 0.1) is 0 Å². The van der Waals surface area contributed by atoms with Crippen molar-refractivity contribution in [2.75, 3.05) is 13.2 Å². The fourth-order valence-electron chi connectivity index (χ4n) is 1.89. The molecule has 1 aliphatic rings. The first-order chi connectivity index (χ1) is 9.77. The predicted molar refractivity (Wildman–Crippen MR) is 63.0 cm³/mol. The van der Waals surface area contributed by atoms with Crippen molar-refractivity contribution in [2.45, 2.75) is 43.6 Å². The number of nitrogens with one attached hydrogen (secondary N) is 1. The fourth-order valence-corrected chi connectivity index (χ4v) is 1.89. The van der Waals surface area contributed by atoms with Crippen LogP contribution in [0.5, 0.6) is 0 Å². The number of carbonyl (C=O) groups is 2. The predicted octanol–water partition coefficient (Wildman–Crippen LogP) is -5.69. The van der Waals surface area contributed by atoms with Crippen LogP contribution in [-0.4, -0.2) is 77.1 Å². The molecule has 21 heavy (non-hydrogen) atoms. The van der Waals surface area contributed by atoms with Gasteiger partial charge in [0.05, 0.1) is 6.61 Å². The van der Waals surface area contributed by atoms with Crippen molar-refractivity contribution in [3.63, 3.8) is 0 Å². The first kappa shape index (κ1) is 17.8. The van der Waals surface area contributed by atoms with Crippen molar-refractivity contribution < 1.29 is 45.2 Å². The average molecular weight is 308 g/mol. The number of aliphatic hydroxyl groups excluding tert-OH is 3. The molecule has 0 aromatic rings. The molecule has 122 valence electrons. The minimum Gasteiger partial charge on any atom is -0.544 e. The van der Waals surface area contributed by atoms with Crippen LogP contribution in [0.4, 0.5) is 0 Å². The molecule has 1 saturated heterocycles. The Hall–Kier alpha value is -1.30. The van der Waals surface area contributed by atoms with Crippen LogP contribution in [0.1, 0.15) is 6.92 Å². The maximum Gasteiger partial charge on any atom is 0.217 e. The van der Waals surface area contributed by atoms with Gasteiger partial charge >= 0.3 is 0 Å². The highest BCUT2D eigenvalue weighted by Gasteiger charge is 2.45. The van der Waals surface area contributed by atoms with Gasteiger partial charge in [0.25, 0.3) is 0 Å². The Kier molecular flexibility index (Phi) is 6.45. The van der Waals surface area contributed by atoms with Crippen molar-refractivity contribution in [1.29, 1.82) is 0 Å². The second-order valence-corrected chi connectivity index (χ2v) is 4.78. The first-order valence-corrected chi connectivity index (χ1v) is 6.33. The minimum absolute atomic E-state index is 0.385. The van der Waals surface area contributed by atoms with Gasteiger partial charge in [-0.25, -0.2) is 0 Å². The Labute approximate surface area is 120 Å². The fraction of sp³-hybridized carbons (Fsp3) is 0.818. The van der Waals surface area contributed by atoms with E-state index in [2.05, 4.69) is 11.1 Å². The molecule has 1 heterocycles. The third-order valence-electron chi connectivity index (χ3n) is 3.05. The first-order valence-electron chi connectivity index (χ1n) is 6.33. The monoisotopic (exact) mass is 308 g/mol. The summed E-state index contributed by atoms with van der Waals surface area (Å²) >= 11 is 0. The smallest absolute Gasteiger partial charge is 0.217 e. The molecule has 5 unspecified atom stereocenters. The maximum atomic E-state index is 11.1. The molecule has 1 amide bonds. The van der Waals surface area contributed by atoms with Crippen molar-refractivity contribution in [2.24, 2.45) is 0 Å². The third kappa shape index (κ3) is 4.59. The topological polar surface area (TPSA) is 176 Å². The number of ether oxygens (including phenoxy) is 2. The molecule has 1 fully saturated rings. The molecule has 0 bridgehead atoms. The van der Waals surface area contributed by atoms with E-state index in [0.29, 0.717) is 0 Å². The van der Waals surface area contributed by atoms with Crippen LogP contribution in [0.25, 0.3) is 0 Å². The number of hydrogen-bond acceptors (Lipinski definition) is 8. The highest BCUT2D eigenvalue weighted by atomic mass is 16.7. The number of hydrogen-bond donors (Lipinski definition) is 5. The second kappa shape index (κ2) is 7.64. The number of carboxylic acid groups (broad SMARTS) is 1. The Bertz CT molecular complexity index is 379. The summed E-state index contributed by atoms with van der Waals surface area (Å²) < 4.78 is 10.4. The van der Waals surface area contributed by atoms with Gasteiger partial charge in [0.1, 0.15) is 43.0 Å². The Morgan fingerprint density at radius 1 is 1.43 bits per heavy atom. The Morgan fingerprint density at radius 2 is 2.05 bits per heavy atom. The normalized spacial score (nSPS) is 34.2. The molecular formula is C11H20N2O8. The van der Waals surface area contributed by atoms with E-state index in [1.54, 1.807) is 0 Å². The van der Waals surface area contributed by atoms with Crippen molar-refractivity contribution in [1.82, 2.24) is 5.32 Å². The summed E-state index contributed by atoms with van der Waals surface area (Å²) in [6.07, 6.45) is -5.24. The number of aliphatic hydroxyl groups is 3.